The summed E-state index contributed by atoms with van der Waals surface area (Å²) in [7, 11) is 0. The molecule has 1 rings (SSSR count). The molecule has 0 fully saturated rings. The number of nitrogens with two attached hydrogens (primary N) is 1. The van der Waals surface area contributed by atoms with Gasteiger partial charge >= 0.3 is 0 Å². The highest BCUT2D eigenvalue weighted by Crippen LogP contribution is 2.12. The number of benzene rings is 1. The van der Waals surface area contributed by atoms with Gasteiger partial charge in [-0.25, -0.2) is 0 Å². The molecule has 1 aromatic rings. The maximum absolute atomic E-state index is 11.6. The zero-order valence-corrected chi connectivity index (χ0v) is 11.7. The van der Waals surface area contributed by atoms with E-state index in [1.807, 2.05) is 24.3 Å². The highest BCUT2D eigenvalue weighted by atomic mass is 16.5. The quantitative estimate of drug-likeness (QED) is 0.530. The number of rotatable bonds is 9. The van der Waals surface area contributed by atoms with Gasteiger partial charge in [-0.15, -0.1) is 0 Å². The molecule has 106 valence electrons. The largest absolute Gasteiger partial charge is 0.399 e. The minimum absolute atomic E-state index is 0.0438. The van der Waals surface area contributed by atoms with E-state index in [0.29, 0.717) is 26.0 Å². The molecule has 1 aromatic carbocycles. The van der Waals surface area contributed by atoms with E-state index < -0.39 is 0 Å². The van der Waals surface area contributed by atoms with Gasteiger partial charge in [0.2, 0.25) is 5.91 Å². The lowest BCUT2D eigenvalue weighted by molar-refractivity contribution is -0.121. The molecule has 3 N–H and O–H groups in total. The molecule has 19 heavy (non-hydrogen) atoms. The van der Waals surface area contributed by atoms with Crippen molar-refractivity contribution in [3.8, 4) is 0 Å². The first-order chi connectivity index (χ1) is 9.24. The van der Waals surface area contributed by atoms with Crippen LogP contribution in [0.4, 0.5) is 5.69 Å². The molecule has 0 atom stereocenters. The van der Waals surface area contributed by atoms with Crippen LogP contribution in [0.5, 0.6) is 0 Å². The average molecular weight is 264 g/mol. The van der Waals surface area contributed by atoms with Gasteiger partial charge in [0.1, 0.15) is 0 Å². The summed E-state index contributed by atoms with van der Waals surface area (Å²) in [6.07, 6.45) is 3.34. The lowest BCUT2D eigenvalue weighted by Gasteiger charge is -2.07. The molecule has 0 bridgehead atoms. The van der Waals surface area contributed by atoms with Gasteiger partial charge in [0.05, 0.1) is 6.61 Å². The van der Waals surface area contributed by atoms with E-state index in [0.717, 1.165) is 30.7 Å². The van der Waals surface area contributed by atoms with Crippen molar-refractivity contribution in [3.05, 3.63) is 29.8 Å². The SMILES string of the molecule is CCCCOCCNC(=O)CCc1ccccc1N. The molecule has 0 aliphatic rings. The zero-order valence-electron chi connectivity index (χ0n) is 11.7. The number of nitrogens with one attached hydrogen (secondary N) is 1. The first-order valence-electron chi connectivity index (χ1n) is 6.92. The molecule has 0 aliphatic carbocycles. The van der Waals surface area contributed by atoms with Crippen molar-refractivity contribution in [1.82, 2.24) is 5.32 Å². The van der Waals surface area contributed by atoms with E-state index in [2.05, 4.69) is 12.2 Å². The summed E-state index contributed by atoms with van der Waals surface area (Å²) < 4.78 is 5.37. The molecular formula is C15H24N2O2. The van der Waals surface area contributed by atoms with Gasteiger partial charge in [0.25, 0.3) is 0 Å². The Morgan fingerprint density at radius 1 is 1.32 bits per heavy atom. The Bertz CT molecular complexity index is 380. The zero-order chi connectivity index (χ0) is 13.9. The third kappa shape index (κ3) is 6.82. The van der Waals surface area contributed by atoms with Crippen LogP contribution in [0.15, 0.2) is 24.3 Å². The summed E-state index contributed by atoms with van der Waals surface area (Å²) in [5.41, 5.74) is 7.60. The molecule has 0 saturated carbocycles. The van der Waals surface area contributed by atoms with E-state index in [-0.39, 0.29) is 5.91 Å². The van der Waals surface area contributed by atoms with Crippen LogP contribution in [-0.2, 0) is 16.0 Å². The highest BCUT2D eigenvalue weighted by Gasteiger charge is 2.03. The Balaban J connectivity index is 2.10. The number of anilines is 1. The van der Waals surface area contributed by atoms with Gasteiger partial charge in [-0.1, -0.05) is 31.5 Å². The number of unbranched alkanes of at least 4 members (excludes halogenated alkanes) is 1. The van der Waals surface area contributed by atoms with Crippen molar-refractivity contribution in [1.29, 1.82) is 0 Å². The molecule has 4 heteroatoms. The monoisotopic (exact) mass is 264 g/mol. The third-order valence-corrected chi connectivity index (χ3v) is 2.89. The average Bonchev–Trinajstić information content (AvgIpc) is 2.42. The molecule has 0 aromatic heterocycles. The fourth-order valence-electron chi connectivity index (χ4n) is 1.71. The third-order valence-electron chi connectivity index (χ3n) is 2.89. The first-order valence-corrected chi connectivity index (χ1v) is 6.92. The number of carbonyl (C=O) groups excluding carboxylic acids is 1. The molecule has 0 aliphatic heterocycles. The summed E-state index contributed by atoms with van der Waals surface area (Å²) in [4.78, 5) is 11.6. The molecule has 0 heterocycles. The van der Waals surface area contributed by atoms with Crippen LogP contribution in [0, 0.1) is 0 Å². The number of nitrogen functional groups attached to an aromatic ring is 1. The summed E-state index contributed by atoms with van der Waals surface area (Å²) in [6, 6.07) is 7.64. The van der Waals surface area contributed by atoms with Gasteiger partial charge in [0, 0.05) is 25.3 Å². The van der Waals surface area contributed by atoms with Gasteiger partial charge in [0.15, 0.2) is 0 Å². The number of carbonyl (C=O) groups is 1. The number of amides is 1. The summed E-state index contributed by atoms with van der Waals surface area (Å²) in [6.45, 7) is 4.05. The van der Waals surface area contributed by atoms with Gasteiger partial charge in [-0.3, -0.25) is 4.79 Å². The molecule has 4 nitrogen and oxygen atoms in total. The van der Waals surface area contributed by atoms with Crippen molar-refractivity contribution in [2.24, 2.45) is 0 Å². The second kappa shape index (κ2) is 9.39. The molecule has 0 spiro atoms. The van der Waals surface area contributed by atoms with E-state index in [9.17, 15) is 4.79 Å². The number of hydrogen-bond donors (Lipinski definition) is 2. The van der Waals surface area contributed by atoms with Crippen molar-refractivity contribution in [2.45, 2.75) is 32.6 Å². The van der Waals surface area contributed by atoms with Gasteiger partial charge < -0.3 is 15.8 Å². The summed E-state index contributed by atoms with van der Waals surface area (Å²) in [5.74, 6) is 0.0438. The molecule has 0 saturated heterocycles. The maximum Gasteiger partial charge on any atom is 0.220 e. The van der Waals surface area contributed by atoms with E-state index in [4.69, 9.17) is 10.5 Å². The Kier molecular flexibility index (Phi) is 7.66. The van der Waals surface area contributed by atoms with Crippen LogP contribution < -0.4 is 11.1 Å². The normalized spacial score (nSPS) is 10.4. The smallest absolute Gasteiger partial charge is 0.220 e. The standard InChI is InChI=1S/C15H24N2O2/c1-2-3-11-19-12-10-17-15(18)9-8-13-6-4-5-7-14(13)16/h4-7H,2-3,8-12,16H2,1H3,(H,17,18). The lowest BCUT2D eigenvalue weighted by atomic mass is 10.1. The predicted molar refractivity (Wildman–Crippen MR) is 77.9 cm³/mol. The van der Waals surface area contributed by atoms with Gasteiger partial charge in [-0.05, 0) is 24.5 Å². The van der Waals surface area contributed by atoms with Crippen LogP contribution in [0.3, 0.4) is 0 Å². The van der Waals surface area contributed by atoms with E-state index in [1.165, 1.54) is 0 Å². The van der Waals surface area contributed by atoms with Crippen molar-refractivity contribution in [3.63, 3.8) is 0 Å². The first kappa shape index (κ1) is 15.5. The number of para-hydroxylation sites is 1. The molecule has 0 unspecified atom stereocenters. The van der Waals surface area contributed by atoms with Crippen LogP contribution in [0.25, 0.3) is 0 Å². The highest BCUT2D eigenvalue weighted by molar-refractivity contribution is 5.76. The van der Waals surface area contributed by atoms with E-state index >= 15 is 0 Å². The maximum atomic E-state index is 11.6. The Morgan fingerprint density at radius 2 is 2.11 bits per heavy atom. The topological polar surface area (TPSA) is 64.3 Å². The van der Waals surface area contributed by atoms with Crippen molar-refractivity contribution < 1.29 is 9.53 Å². The second-order valence-electron chi connectivity index (χ2n) is 4.51. The summed E-state index contributed by atoms with van der Waals surface area (Å²) >= 11 is 0. The summed E-state index contributed by atoms with van der Waals surface area (Å²) in [5, 5.41) is 2.84. The van der Waals surface area contributed by atoms with E-state index in [1.54, 1.807) is 0 Å². The Hall–Kier alpha value is -1.55. The molecule has 1 amide bonds. The van der Waals surface area contributed by atoms with Crippen LogP contribution in [0.2, 0.25) is 0 Å². The van der Waals surface area contributed by atoms with Crippen LogP contribution in [-0.4, -0.2) is 25.7 Å². The van der Waals surface area contributed by atoms with Crippen LogP contribution in [0.1, 0.15) is 31.7 Å². The minimum atomic E-state index is 0.0438. The fourth-order valence-corrected chi connectivity index (χ4v) is 1.71. The number of aryl methyl sites for hydroxylation is 1. The second-order valence-corrected chi connectivity index (χ2v) is 4.51. The Labute approximate surface area is 115 Å². The number of ether oxygens (including phenoxy) is 1. The fraction of sp³-hybridized carbons (Fsp3) is 0.533. The minimum Gasteiger partial charge on any atom is -0.399 e. The van der Waals surface area contributed by atoms with Crippen molar-refractivity contribution >= 4 is 11.6 Å². The number of hydrogen-bond acceptors (Lipinski definition) is 3. The predicted octanol–water partition coefficient (Wildman–Crippen LogP) is 2.13. The Morgan fingerprint density at radius 3 is 2.84 bits per heavy atom. The van der Waals surface area contributed by atoms with Crippen LogP contribution >= 0.6 is 0 Å². The molecular weight excluding hydrogens is 240 g/mol. The molecule has 0 radical (unpaired) electrons. The van der Waals surface area contributed by atoms with Gasteiger partial charge in [-0.2, -0.15) is 0 Å². The van der Waals surface area contributed by atoms with Crippen molar-refractivity contribution in [2.75, 3.05) is 25.5 Å². The lowest BCUT2D eigenvalue weighted by Crippen LogP contribution is -2.27.